The molecule has 0 bridgehead atoms. The quantitative estimate of drug-likeness (QED) is 0.363. The standard InChI is InChI=1S/C5H4N3O4P.Ca/c9-4-3-5(7-1-6-4)13(10,11,12)2-8-3;/h1-2,10H,(H,6,7,9);/q-2;+2. The molecule has 0 radical (unpaired) electrons. The van der Waals surface area contributed by atoms with Crippen molar-refractivity contribution >= 4 is 62.1 Å². The van der Waals surface area contributed by atoms with Crippen LogP contribution in [-0.4, -0.2) is 58.6 Å². The Kier molecular flexibility index (Phi) is 2.88. The molecule has 0 atom stereocenters. The number of aromatic nitrogens is 2. The first-order valence-electron chi connectivity index (χ1n) is 3.25. The van der Waals surface area contributed by atoms with Gasteiger partial charge in [-0.2, -0.15) is 0 Å². The minimum absolute atomic E-state index is 0. The van der Waals surface area contributed by atoms with Gasteiger partial charge in [-0.15, -0.1) is 0 Å². The zero-order valence-electron chi connectivity index (χ0n) is 6.88. The van der Waals surface area contributed by atoms with Crippen molar-refractivity contribution < 1.29 is 14.7 Å². The number of nitrogens with zero attached hydrogens (tertiary/aromatic N) is 2. The van der Waals surface area contributed by atoms with Crippen LogP contribution in [0.1, 0.15) is 0 Å². The van der Waals surface area contributed by atoms with Gasteiger partial charge < -0.3 is 0 Å². The van der Waals surface area contributed by atoms with Crippen molar-refractivity contribution in [1.29, 1.82) is 0 Å². The first-order chi connectivity index (χ1) is 5.88. The van der Waals surface area contributed by atoms with Gasteiger partial charge in [-0.05, 0) is 0 Å². The van der Waals surface area contributed by atoms with Crippen molar-refractivity contribution in [2.75, 3.05) is 0 Å². The number of hydrogen-bond donors (Lipinski definition) is 2. The van der Waals surface area contributed by atoms with Gasteiger partial charge in [0.15, 0.2) is 0 Å². The monoisotopic (exact) mass is 241 g/mol. The van der Waals surface area contributed by atoms with Crippen LogP contribution in [0.25, 0.3) is 0 Å². The second-order valence-corrected chi connectivity index (χ2v) is 5.23. The van der Waals surface area contributed by atoms with E-state index in [9.17, 15) is 14.6 Å². The zero-order chi connectivity index (χ0) is 9.71. The molecule has 0 saturated carbocycles. The SMILES string of the molecule is O=c1[nH]cnc2c1N=CP2([O-])([O-])O.[Ca+2]. The summed E-state index contributed by atoms with van der Waals surface area (Å²) in [4.78, 5) is 51.3. The molecule has 0 fully saturated rings. The fraction of sp³-hybridized carbons (Fsp3) is 0. The van der Waals surface area contributed by atoms with Crippen LogP contribution >= 0.6 is 7.28 Å². The molecule has 1 aromatic rings. The minimum atomic E-state index is -5.58. The van der Waals surface area contributed by atoms with E-state index in [2.05, 4.69) is 15.0 Å². The van der Waals surface area contributed by atoms with E-state index in [4.69, 9.17) is 4.89 Å². The minimum Gasteiger partial charge on any atom is 2.00 e. The van der Waals surface area contributed by atoms with Gasteiger partial charge in [0.2, 0.25) is 0 Å². The maximum atomic E-state index is 11.2. The van der Waals surface area contributed by atoms with Crippen LogP contribution in [0.4, 0.5) is 5.69 Å². The molecule has 7 nitrogen and oxygen atoms in total. The van der Waals surface area contributed by atoms with Crippen molar-refractivity contribution in [3.63, 3.8) is 0 Å². The molecule has 9 heteroatoms. The Morgan fingerprint density at radius 3 is 2.71 bits per heavy atom. The van der Waals surface area contributed by atoms with Crippen LogP contribution in [0.5, 0.6) is 0 Å². The topological polar surface area (TPSA) is 124 Å². The number of hydrogen-bond acceptors (Lipinski definition) is 6. The Morgan fingerprint density at radius 2 is 2.14 bits per heavy atom. The molecule has 2 N–H and O–H groups in total. The molecular weight excluding hydrogens is 237 g/mol. The van der Waals surface area contributed by atoms with Crippen LogP contribution in [0, 0.1) is 0 Å². The molecule has 1 aliphatic rings. The molecule has 2 rings (SSSR count). The predicted molar refractivity (Wildman–Crippen MR) is 47.5 cm³/mol. The van der Waals surface area contributed by atoms with E-state index in [0.29, 0.717) is 5.96 Å². The smallest absolute Gasteiger partial charge is 2.00 e. The first-order valence-corrected chi connectivity index (χ1v) is 5.35. The van der Waals surface area contributed by atoms with Crippen LogP contribution in [0.2, 0.25) is 0 Å². The van der Waals surface area contributed by atoms with E-state index in [1.807, 2.05) is 0 Å². The maximum absolute atomic E-state index is 11.2. The molecule has 2 heterocycles. The normalized spacial score (nSPS) is 22.9. The Labute approximate surface area is 108 Å². The molecule has 1 aromatic heterocycles. The van der Waals surface area contributed by atoms with Crippen LogP contribution in [0.15, 0.2) is 16.1 Å². The average Bonchev–Trinajstić information content (AvgIpc) is 2.25. The summed E-state index contributed by atoms with van der Waals surface area (Å²) in [6, 6.07) is 0. The van der Waals surface area contributed by atoms with Crippen molar-refractivity contribution in [3.8, 4) is 0 Å². The summed E-state index contributed by atoms with van der Waals surface area (Å²) in [5, 5.41) is 0. The van der Waals surface area contributed by atoms with E-state index in [-0.39, 0.29) is 43.4 Å². The van der Waals surface area contributed by atoms with Gasteiger partial charge >= 0.3 is 108 Å². The van der Waals surface area contributed by atoms with Gasteiger partial charge in [0, 0.05) is 0 Å². The number of fused-ring (bicyclic) bond motifs is 1. The largest absolute Gasteiger partial charge is 2.00 e. The van der Waals surface area contributed by atoms with E-state index in [1.165, 1.54) is 0 Å². The maximum Gasteiger partial charge on any atom is 2.00 e. The fourth-order valence-corrected chi connectivity index (χ4v) is 2.26. The number of nitrogens with one attached hydrogen (secondary N) is 1. The molecule has 0 aromatic carbocycles. The molecule has 0 unspecified atom stereocenters. The van der Waals surface area contributed by atoms with Crippen molar-refractivity contribution in [1.82, 2.24) is 9.97 Å². The summed E-state index contributed by atoms with van der Waals surface area (Å²) < 4.78 is 0. The van der Waals surface area contributed by atoms with E-state index < -0.39 is 18.3 Å². The first kappa shape index (κ1) is 12.2. The van der Waals surface area contributed by atoms with Gasteiger partial charge in [-0.25, -0.2) is 0 Å². The number of H-pyrrole nitrogens is 1. The molecule has 70 valence electrons. The molecule has 0 spiro atoms. The summed E-state index contributed by atoms with van der Waals surface area (Å²) >= 11 is 0. The van der Waals surface area contributed by atoms with Gasteiger partial charge in [0.05, 0.1) is 0 Å². The fourth-order valence-electron chi connectivity index (χ4n) is 1.01. The van der Waals surface area contributed by atoms with Crippen LogP contribution in [-0.2, 0) is 0 Å². The van der Waals surface area contributed by atoms with Crippen LogP contribution < -0.4 is 20.8 Å². The Balaban J connectivity index is 0.000000980. The van der Waals surface area contributed by atoms with Gasteiger partial charge in [-0.1, -0.05) is 0 Å². The zero-order valence-corrected chi connectivity index (χ0v) is 9.98. The van der Waals surface area contributed by atoms with Crippen molar-refractivity contribution in [3.05, 3.63) is 16.7 Å². The Morgan fingerprint density at radius 1 is 1.50 bits per heavy atom. The summed E-state index contributed by atoms with van der Waals surface area (Å²) in [6.45, 7) is 0. The summed E-state index contributed by atoms with van der Waals surface area (Å²) in [5.41, 5.74) is -1.77. The molecule has 0 amide bonds. The molecule has 1 aliphatic heterocycles. The van der Waals surface area contributed by atoms with Gasteiger partial charge in [0.25, 0.3) is 0 Å². The Hall–Kier alpha value is 0.120. The second kappa shape index (κ2) is 3.31. The summed E-state index contributed by atoms with van der Waals surface area (Å²) in [7, 11) is -5.58. The molecule has 14 heavy (non-hydrogen) atoms. The van der Waals surface area contributed by atoms with Crippen molar-refractivity contribution in [2.45, 2.75) is 0 Å². The van der Waals surface area contributed by atoms with E-state index in [1.54, 1.807) is 0 Å². The van der Waals surface area contributed by atoms with E-state index >= 15 is 0 Å². The third kappa shape index (κ3) is 1.77. The third-order valence-corrected chi connectivity index (χ3v) is 3.22. The molecular formula is C5H4CaN3O4P. The molecule has 0 saturated heterocycles. The third-order valence-electron chi connectivity index (χ3n) is 1.59. The number of aromatic amines is 1. The average molecular weight is 241 g/mol. The van der Waals surface area contributed by atoms with Crippen LogP contribution in [0.3, 0.4) is 0 Å². The second-order valence-electron chi connectivity index (χ2n) is 2.62. The number of rotatable bonds is 0. The summed E-state index contributed by atoms with van der Waals surface area (Å²) in [6.07, 6.45) is 0.892. The van der Waals surface area contributed by atoms with Crippen molar-refractivity contribution in [2.24, 2.45) is 4.99 Å². The Bertz CT molecular complexity index is 462. The van der Waals surface area contributed by atoms with Gasteiger partial charge in [-0.3, -0.25) is 0 Å². The predicted octanol–water partition coefficient (Wildman–Crippen LogP) is -3.30. The summed E-state index contributed by atoms with van der Waals surface area (Å²) in [5.74, 6) is 0.346. The van der Waals surface area contributed by atoms with E-state index in [0.717, 1.165) is 6.33 Å². The number of aliphatic imine (C=N–C) groups is 1. The van der Waals surface area contributed by atoms with Gasteiger partial charge in [0.1, 0.15) is 0 Å². The molecule has 0 aliphatic carbocycles.